The van der Waals surface area contributed by atoms with Crippen LogP contribution in [0.5, 0.6) is 0 Å². The molecule has 108 valence electrons. The summed E-state index contributed by atoms with van der Waals surface area (Å²) in [6.07, 6.45) is -2.55. The van der Waals surface area contributed by atoms with Crippen LogP contribution in [-0.2, 0) is 6.18 Å². The molecule has 0 heterocycles. The van der Waals surface area contributed by atoms with E-state index >= 15 is 0 Å². The molecule has 0 saturated heterocycles. The zero-order valence-electron chi connectivity index (χ0n) is 11.5. The Labute approximate surface area is 112 Å². The lowest BCUT2D eigenvalue weighted by molar-refractivity contribution is -0.136. The summed E-state index contributed by atoms with van der Waals surface area (Å²) in [7, 11) is 0. The lowest BCUT2D eigenvalue weighted by Gasteiger charge is -2.21. The number of nitrogens with two attached hydrogens (primary N) is 1. The lowest BCUT2D eigenvalue weighted by Crippen LogP contribution is -2.21. The van der Waals surface area contributed by atoms with Crippen molar-refractivity contribution in [3.05, 3.63) is 23.8 Å². The number of hydrogen-bond donors (Lipinski definition) is 2. The van der Waals surface area contributed by atoms with E-state index in [-0.39, 0.29) is 17.4 Å². The Morgan fingerprint density at radius 3 is 2.42 bits per heavy atom. The largest absolute Gasteiger partial charge is 0.418 e. The van der Waals surface area contributed by atoms with Crippen molar-refractivity contribution in [1.29, 1.82) is 0 Å². The number of alkyl halides is 3. The van der Waals surface area contributed by atoms with Crippen LogP contribution < -0.4 is 11.1 Å². The topological polar surface area (TPSA) is 38.0 Å². The Balaban J connectivity index is 2.89. The van der Waals surface area contributed by atoms with Crippen molar-refractivity contribution in [2.24, 2.45) is 5.92 Å². The van der Waals surface area contributed by atoms with E-state index in [2.05, 4.69) is 19.2 Å². The molecule has 0 aliphatic rings. The third kappa shape index (κ3) is 4.65. The minimum Gasteiger partial charge on any atom is -0.399 e. The summed E-state index contributed by atoms with van der Waals surface area (Å²) in [4.78, 5) is 0. The van der Waals surface area contributed by atoms with E-state index in [1.54, 1.807) is 0 Å². The first-order valence-electron chi connectivity index (χ1n) is 6.47. The Morgan fingerprint density at radius 2 is 1.89 bits per heavy atom. The zero-order valence-corrected chi connectivity index (χ0v) is 11.5. The van der Waals surface area contributed by atoms with Gasteiger partial charge in [0.05, 0.1) is 5.56 Å². The molecule has 0 bridgehead atoms. The summed E-state index contributed by atoms with van der Waals surface area (Å²) in [6, 6.07) is 3.83. The van der Waals surface area contributed by atoms with Crippen LogP contribution in [0.1, 0.15) is 39.2 Å². The van der Waals surface area contributed by atoms with Gasteiger partial charge in [-0.25, -0.2) is 0 Å². The molecule has 0 aliphatic heterocycles. The fourth-order valence-electron chi connectivity index (χ4n) is 2.02. The van der Waals surface area contributed by atoms with Crippen molar-refractivity contribution < 1.29 is 13.2 Å². The smallest absolute Gasteiger partial charge is 0.399 e. The third-order valence-electron chi connectivity index (χ3n) is 3.20. The Morgan fingerprint density at radius 1 is 1.26 bits per heavy atom. The number of rotatable bonds is 5. The molecule has 1 rings (SSSR count). The summed E-state index contributed by atoms with van der Waals surface area (Å²) in [5.74, 6) is 0.477. The highest BCUT2D eigenvalue weighted by Gasteiger charge is 2.34. The van der Waals surface area contributed by atoms with E-state index in [1.807, 2.05) is 6.92 Å². The van der Waals surface area contributed by atoms with E-state index in [1.165, 1.54) is 12.1 Å². The van der Waals surface area contributed by atoms with E-state index in [4.69, 9.17) is 5.73 Å². The van der Waals surface area contributed by atoms with Gasteiger partial charge in [-0.05, 0) is 37.5 Å². The van der Waals surface area contributed by atoms with Crippen LogP contribution in [-0.4, -0.2) is 6.04 Å². The van der Waals surface area contributed by atoms with Gasteiger partial charge in [-0.1, -0.05) is 20.3 Å². The number of benzene rings is 1. The predicted molar refractivity (Wildman–Crippen MR) is 73.0 cm³/mol. The van der Waals surface area contributed by atoms with Crippen LogP contribution in [0.4, 0.5) is 24.5 Å². The molecule has 0 aliphatic carbocycles. The Hall–Kier alpha value is -1.39. The lowest BCUT2D eigenvalue weighted by atomic mass is 10.00. The average Bonchev–Trinajstić information content (AvgIpc) is 2.29. The maximum absolute atomic E-state index is 12.9. The van der Waals surface area contributed by atoms with Crippen molar-refractivity contribution in [3.63, 3.8) is 0 Å². The minimum atomic E-state index is -4.40. The van der Waals surface area contributed by atoms with Gasteiger partial charge in [0.15, 0.2) is 0 Å². The first-order chi connectivity index (χ1) is 8.74. The molecular formula is C14H21F3N2. The molecule has 2 unspecified atom stereocenters. The number of nitrogen functional groups attached to an aromatic ring is 1. The average molecular weight is 274 g/mol. The van der Waals surface area contributed by atoms with Crippen LogP contribution in [0.2, 0.25) is 0 Å². The monoisotopic (exact) mass is 274 g/mol. The molecule has 0 radical (unpaired) electrons. The van der Waals surface area contributed by atoms with E-state index in [9.17, 15) is 13.2 Å². The van der Waals surface area contributed by atoms with Crippen LogP contribution in [0.15, 0.2) is 18.2 Å². The SMILES string of the molecule is CCC(C)CC(C)Nc1ccc(N)cc1C(F)(F)F. The summed E-state index contributed by atoms with van der Waals surface area (Å²) in [5.41, 5.74) is 4.94. The first kappa shape index (κ1) is 15.7. The van der Waals surface area contributed by atoms with Gasteiger partial charge in [0.2, 0.25) is 0 Å². The van der Waals surface area contributed by atoms with Gasteiger partial charge in [0, 0.05) is 17.4 Å². The van der Waals surface area contributed by atoms with Gasteiger partial charge in [0.25, 0.3) is 0 Å². The second-order valence-corrected chi connectivity index (χ2v) is 5.10. The molecule has 19 heavy (non-hydrogen) atoms. The van der Waals surface area contributed by atoms with Crippen molar-refractivity contribution in [2.45, 2.75) is 45.8 Å². The van der Waals surface area contributed by atoms with Crippen molar-refractivity contribution in [1.82, 2.24) is 0 Å². The molecule has 1 aromatic carbocycles. The molecule has 2 atom stereocenters. The van der Waals surface area contributed by atoms with Gasteiger partial charge >= 0.3 is 6.18 Å². The Kier molecular flexibility index (Phi) is 5.09. The molecule has 0 amide bonds. The highest BCUT2D eigenvalue weighted by Crippen LogP contribution is 2.36. The molecule has 3 N–H and O–H groups in total. The van der Waals surface area contributed by atoms with Crippen LogP contribution in [0, 0.1) is 5.92 Å². The van der Waals surface area contributed by atoms with Gasteiger partial charge in [-0.15, -0.1) is 0 Å². The summed E-state index contributed by atoms with van der Waals surface area (Å²) < 4.78 is 38.7. The number of hydrogen-bond acceptors (Lipinski definition) is 2. The predicted octanol–water partition coefficient (Wildman–Crippen LogP) is 4.52. The maximum atomic E-state index is 12.9. The normalized spacial score (nSPS) is 15.1. The van der Waals surface area contributed by atoms with E-state index < -0.39 is 11.7 Å². The van der Waals surface area contributed by atoms with Crippen LogP contribution >= 0.6 is 0 Å². The molecule has 0 aromatic heterocycles. The van der Waals surface area contributed by atoms with Gasteiger partial charge in [-0.2, -0.15) is 13.2 Å². The van der Waals surface area contributed by atoms with Crippen LogP contribution in [0.25, 0.3) is 0 Å². The highest BCUT2D eigenvalue weighted by atomic mass is 19.4. The highest BCUT2D eigenvalue weighted by molar-refractivity contribution is 5.59. The number of anilines is 2. The second-order valence-electron chi connectivity index (χ2n) is 5.10. The minimum absolute atomic E-state index is 0.0142. The summed E-state index contributed by atoms with van der Waals surface area (Å²) in [6.45, 7) is 6.05. The fourth-order valence-corrected chi connectivity index (χ4v) is 2.02. The molecule has 0 spiro atoms. The van der Waals surface area contributed by atoms with Crippen LogP contribution in [0.3, 0.4) is 0 Å². The first-order valence-corrected chi connectivity index (χ1v) is 6.47. The third-order valence-corrected chi connectivity index (χ3v) is 3.20. The maximum Gasteiger partial charge on any atom is 0.418 e. The number of halogens is 3. The molecule has 2 nitrogen and oxygen atoms in total. The summed E-state index contributed by atoms with van der Waals surface area (Å²) >= 11 is 0. The molecule has 1 aromatic rings. The van der Waals surface area contributed by atoms with E-state index in [0.717, 1.165) is 18.9 Å². The van der Waals surface area contributed by atoms with E-state index in [0.29, 0.717) is 5.92 Å². The fraction of sp³-hybridized carbons (Fsp3) is 0.571. The standard InChI is InChI=1S/C14H21F3N2/c1-4-9(2)7-10(3)19-13-6-5-11(18)8-12(13)14(15,16)17/h5-6,8-10,19H,4,7,18H2,1-3H3. The Bertz CT molecular complexity index is 416. The van der Waals surface area contributed by atoms with Gasteiger partial charge in [0.1, 0.15) is 0 Å². The van der Waals surface area contributed by atoms with Crippen molar-refractivity contribution in [3.8, 4) is 0 Å². The zero-order chi connectivity index (χ0) is 14.6. The second kappa shape index (κ2) is 6.17. The van der Waals surface area contributed by atoms with Gasteiger partial charge in [-0.3, -0.25) is 0 Å². The van der Waals surface area contributed by atoms with Crippen molar-refractivity contribution in [2.75, 3.05) is 11.1 Å². The number of nitrogens with one attached hydrogen (secondary N) is 1. The molecular weight excluding hydrogens is 253 g/mol. The van der Waals surface area contributed by atoms with Gasteiger partial charge < -0.3 is 11.1 Å². The summed E-state index contributed by atoms with van der Waals surface area (Å²) in [5, 5.41) is 2.93. The molecule has 0 fully saturated rings. The molecule has 5 heteroatoms. The quantitative estimate of drug-likeness (QED) is 0.774. The van der Waals surface area contributed by atoms with Crippen molar-refractivity contribution >= 4 is 11.4 Å². The molecule has 0 saturated carbocycles.